The molecule has 3 aromatic rings. The molecule has 7 heteroatoms. The SMILES string of the molecule is O=C(O)c1c(Oc2ccc(F)cc2Cl)nc2ccccn12. The third-order valence-electron chi connectivity index (χ3n) is 2.80. The number of pyridine rings is 1. The van der Waals surface area contributed by atoms with E-state index in [2.05, 4.69) is 4.98 Å². The number of aromatic carboxylic acids is 1. The van der Waals surface area contributed by atoms with E-state index in [0.29, 0.717) is 5.65 Å². The number of nitrogens with zero attached hydrogens (tertiary/aromatic N) is 2. The molecule has 0 aliphatic carbocycles. The van der Waals surface area contributed by atoms with E-state index in [-0.39, 0.29) is 22.3 Å². The highest BCUT2D eigenvalue weighted by atomic mass is 35.5. The molecule has 1 aromatic carbocycles. The van der Waals surface area contributed by atoms with Gasteiger partial charge in [0.05, 0.1) is 5.02 Å². The second kappa shape index (κ2) is 5.06. The van der Waals surface area contributed by atoms with Crippen LogP contribution in [0.2, 0.25) is 5.02 Å². The number of benzene rings is 1. The molecule has 0 fully saturated rings. The van der Waals surface area contributed by atoms with Gasteiger partial charge in [-0.1, -0.05) is 17.7 Å². The molecule has 106 valence electrons. The van der Waals surface area contributed by atoms with Gasteiger partial charge in [0, 0.05) is 6.20 Å². The molecule has 2 heterocycles. The fourth-order valence-corrected chi connectivity index (χ4v) is 2.11. The van der Waals surface area contributed by atoms with Crippen LogP contribution in [0.5, 0.6) is 11.6 Å². The normalized spacial score (nSPS) is 10.8. The summed E-state index contributed by atoms with van der Waals surface area (Å²) in [4.78, 5) is 15.5. The smallest absolute Gasteiger partial charge is 0.358 e. The lowest BCUT2D eigenvalue weighted by atomic mass is 10.3. The van der Waals surface area contributed by atoms with Crippen LogP contribution in [0, 0.1) is 5.82 Å². The Morgan fingerprint density at radius 3 is 2.86 bits per heavy atom. The van der Waals surface area contributed by atoms with Gasteiger partial charge in [0.25, 0.3) is 5.88 Å². The second-order valence-corrected chi connectivity index (χ2v) is 4.58. The van der Waals surface area contributed by atoms with Gasteiger partial charge >= 0.3 is 5.97 Å². The molecule has 1 N–H and O–H groups in total. The zero-order chi connectivity index (χ0) is 15.0. The van der Waals surface area contributed by atoms with E-state index in [0.717, 1.165) is 12.1 Å². The maximum Gasteiger partial charge on any atom is 0.358 e. The summed E-state index contributed by atoms with van der Waals surface area (Å²) in [7, 11) is 0. The van der Waals surface area contributed by atoms with Crippen molar-refractivity contribution in [3.05, 3.63) is 59.1 Å². The number of hydrogen-bond donors (Lipinski definition) is 1. The Balaban J connectivity index is 2.12. The lowest BCUT2D eigenvalue weighted by molar-refractivity contribution is 0.0686. The monoisotopic (exact) mass is 306 g/mol. The minimum atomic E-state index is -1.19. The van der Waals surface area contributed by atoms with E-state index in [1.54, 1.807) is 24.4 Å². The van der Waals surface area contributed by atoms with Crippen LogP contribution in [0.3, 0.4) is 0 Å². The Bertz CT molecular complexity index is 847. The van der Waals surface area contributed by atoms with Gasteiger partial charge in [0.15, 0.2) is 5.69 Å². The molecule has 0 atom stereocenters. The predicted octanol–water partition coefficient (Wildman–Crippen LogP) is 3.62. The van der Waals surface area contributed by atoms with Gasteiger partial charge in [-0.2, -0.15) is 4.98 Å². The van der Waals surface area contributed by atoms with Crippen molar-refractivity contribution in [3.63, 3.8) is 0 Å². The number of carbonyl (C=O) groups is 1. The van der Waals surface area contributed by atoms with Crippen LogP contribution in [-0.4, -0.2) is 20.5 Å². The van der Waals surface area contributed by atoms with Crippen LogP contribution >= 0.6 is 11.6 Å². The summed E-state index contributed by atoms with van der Waals surface area (Å²) in [6.45, 7) is 0. The molecule has 3 rings (SSSR count). The molecule has 0 amide bonds. The van der Waals surface area contributed by atoms with Gasteiger partial charge < -0.3 is 9.84 Å². The predicted molar refractivity (Wildman–Crippen MR) is 73.6 cm³/mol. The number of carboxylic acid groups (broad SMARTS) is 1. The fraction of sp³-hybridized carbons (Fsp3) is 0. The van der Waals surface area contributed by atoms with Gasteiger partial charge in [0.1, 0.15) is 17.2 Å². The Morgan fingerprint density at radius 2 is 2.14 bits per heavy atom. The average Bonchev–Trinajstić information content (AvgIpc) is 2.80. The summed E-state index contributed by atoms with van der Waals surface area (Å²) in [6.07, 6.45) is 1.56. The summed E-state index contributed by atoms with van der Waals surface area (Å²) in [6, 6.07) is 8.60. The Morgan fingerprint density at radius 1 is 1.33 bits per heavy atom. The first kappa shape index (κ1) is 13.4. The van der Waals surface area contributed by atoms with E-state index in [1.165, 1.54) is 10.5 Å². The average molecular weight is 307 g/mol. The molecule has 0 radical (unpaired) electrons. The van der Waals surface area contributed by atoms with E-state index >= 15 is 0 Å². The van der Waals surface area contributed by atoms with Crippen molar-refractivity contribution in [1.82, 2.24) is 9.38 Å². The van der Waals surface area contributed by atoms with Crippen molar-refractivity contribution >= 4 is 23.2 Å². The zero-order valence-corrected chi connectivity index (χ0v) is 11.2. The highest BCUT2D eigenvalue weighted by molar-refractivity contribution is 6.32. The number of carboxylic acids is 1. The first-order chi connectivity index (χ1) is 10.1. The van der Waals surface area contributed by atoms with Crippen molar-refractivity contribution in [2.24, 2.45) is 0 Å². The van der Waals surface area contributed by atoms with Crippen molar-refractivity contribution in [3.8, 4) is 11.6 Å². The highest BCUT2D eigenvalue weighted by Crippen LogP contribution is 2.31. The van der Waals surface area contributed by atoms with Crippen LogP contribution in [0.15, 0.2) is 42.6 Å². The fourth-order valence-electron chi connectivity index (χ4n) is 1.90. The first-order valence-corrected chi connectivity index (χ1v) is 6.27. The van der Waals surface area contributed by atoms with Crippen molar-refractivity contribution in [2.45, 2.75) is 0 Å². The van der Waals surface area contributed by atoms with Crippen LogP contribution in [0.1, 0.15) is 10.5 Å². The summed E-state index contributed by atoms with van der Waals surface area (Å²) in [5.74, 6) is -1.69. The zero-order valence-electron chi connectivity index (χ0n) is 10.5. The standard InChI is InChI=1S/C14H8ClFN2O3/c15-9-7-8(16)4-5-10(9)21-13-12(14(19)20)18-6-2-1-3-11(18)17-13/h1-7H,(H,19,20). The van der Waals surface area contributed by atoms with Crippen LogP contribution < -0.4 is 4.74 Å². The molecule has 0 saturated heterocycles. The molecule has 0 bridgehead atoms. The topological polar surface area (TPSA) is 63.8 Å². The molecular formula is C14H8ClFN2O3. The number of halogens is 2. The largest absolute Gasteiger partial charge is 0.476 e. The Labute approximate surface area is 123 Å². The minimum Gasteiger partial charge on any atom is -0.476 e. The van der Waals surface area contributed by atoms with Crippen molar-refractivity contribution in [1.29, 1.82) is 0 Å². The highest BCUT2D eigenvalue weighted by Gasteiger charge is 2.21. The quantitative estimate of drug-likeness (QED) is 0.802. The third kappa shape index (κ3) is 2.41. The number of ether oxygens (including phenoxy) is 1. The molecule has 5 nitrogen and oxygen atoms in total. The summed E-state index contributed by atoms with van der Waals surface area (Å²) >= 11 is 5.86. The van der Waals surface area contributed by atoms with Crippen molar-refractivity contribution < 1.29 is 19.0 Å². The van der Waals surface area contributed by atoms with Crippen LogP contribution in [0.25, 0.3) is 5.65 Å². The van der Waals surface area contributed by atoms with E-state index in [9.17, 15) is 14.3 Å². The molecule has 0 saturated carbocycles. The van der Waals surface area contributed by atoms with Gasteiger partial charge in [-0.3, -0.25) is 4.40 Å². The summed E-state index contributed by atoms with van der Waals surface area (Å²) in [5.41, 5.74) is 0.286. The third-order valence-corrected chi connectivity index (χ3v) is 3.10. The molecule has 2 aromatic heterocycles. The number of fused-ring (bicyclic) bond motifs is 1. The first-order valence-electron chi connectivity index (χ1n) is 5.89. The number of aromatic nitrogens is 2. The van der Waals surface area contributed by atoms with E-state index < -0.39 is 11.8 Å². The molecule has 0 unspecified atom stereocenters. The molecule has 0 aliphatic rings. The minimum absolute atomic E-state index is 0.0309. The summed E-state index contributed by atoms with van der Waals surface area (Å²) < 4.78 is 19.8. The number of imidazole rings is 1. The molecule has 0 spiro atoms. The van der Waals surface area contributed by atoms with Crippen LogP contribution in [0.4, 0.5) is 4.39 Å². The maximum atomic E-state index is 13.0. The Hall–Kier alpha value is -2.60. The Kier molecular flexibility index (Phi) is 3.23. The van der Waals surface area contributed by atoms with Crippen LogP contribution in [-0.2, 0) is 0 Å². The summed E-state index contributed by atoms with van der Waals surface area (Å²) in [5, 5.41) is 9.34. The second-order valence-electron chi connectivity index (χ2n) is 4.18. The molecular weight excluding hydrogens is 299 g/mol. The van der Waals surface area contributed by atoms with Gasteiger partial charge in [-0.05, 0) is 30.3 Å². The van der Waals surface area contributed by atoms with E-state index in [1.807, 2.05) is 0 Å². The lowest BCUT2D eigenvalue weighted by Crippen LogP contribution is -2.03. The molecule has 0 aliphatic heterocycles. The van der Waals surface area contributed by atoms with Crippen molar-refractivity contribution in [2.75, 3.05) is 0 Å². The number of hydrogen-bond acceptors (Lipinski definition) is 3. The van der Waals surface area contributed by atoms with E-state index in [4.69, 9.17) is 16.3 Å². The van der Waals surface area contributed by atoms with Gasteiger partial charge in [-0.15, -0.1) is 0 Å². The van der Waals surface area contributed by atoms with Gasteiger partial charge in [-0.25, -0.2) is 9.18 Å². The maximum absolute atomic E-state index is 13.0. The molecule has 21 heavy (non-hydrogen) atoms. The number of rotatable bonds is 3. The lowest BCUT2D eigenvalue weighted by Gasteiger charge is -2.05. The van der Waals surface area contributed by atoms with Gasteiger partial charge in [0.2, 0.25) is 0 Å².